The van der Waals surface area contributed by atoms with E-state index in [0.717, 1.165) is 37.9 Å². The highest BCUT2D eigenvalue weighted by Gasteiger charge is 1.98. The Kier molecular flexibility index (Phi) is 6.40. The Morgan fingerprint density at radius 3 is 2.72 bits per heavy atom. The summed E-state index contributed by atoms with van der Waals surface area (Å²) in [6.45, 7) is 9.46. The van der Waals surface area contributed by atoms with E-state index in [0.29, 0.717) is 0 Å². The molecule has 0 atom stereocenters. The van der Waals surface area contributed by atoms with Gasteiger partial charge in [0.15, 0.2) is 0 Å². The molecule has 0 spiro atoms. The number of hydrogen-bond donors (Lipinski definition) is 0. The van der Waals surface area contributed by atoms with Gasteiger partial charge in [-0.2, -0.15) is 0 Å². The Bertz CT molecular complexity index is 409. The van der Waals surface area contributed by atoms with Crippen LogP contribution in [0.5, 0.6) is 0 Å². The highest BCUT2D eigenvalue weighted by Crippen LogP contribution is 2.07. The molecule has 0 N–H and O–H groups in total. The molecule has 1 aromatic rings. The van der Waals surface area contributed by atoms with E-state index in [9.17, 15) is 0 Å². The van der Waals surface area contributed by atoms with Crippen LogP contribution >= 0.6 is 0 Å². The lowest BCUT2D eigenvalue weighted by atomic mass is 10.1. The van der Waals surface area contributed by atoms with Crippen molar-refractivity contribution in [3.05, 3.63) is 35.2 Å². The zero-order valence-corrected chi connectivity index (χ0v) is 12.1. The fourth-order valence-corrected chi connectivity index (χ4v) is 1.74. The number of aryl methyl sites for hydroxylation is 1. The third-order valence-electron chi connectivity index (χ3n) is 2.81. The molecular weight excluding hydrogens is 222 g/mol. The number of aromatic nitrogens is 3. The first-order chi connectivity index (χ1) is 8.61. The van der Waals surface area contributed by atoms with Crippen molar-refractivity contribution < 1.29 is 0 Å². The van der Waals surface area contributed by atoms with Crippen LogP contribution in [0.1, 0.15) is 52.7 Å². The van der Waals surface area contributed by atoms with Crippen LogP contribution < -0.4 is 0 Å². The smallest absolute Gasteiger partial charge is 0.0827 e. The average molecular weight is 247 g/mol. The summed E-state index contributed by atoms with van der Waals surface area (Å²) < 4.78 is 1.91. The van der Waals surface area contributed by atoms with Crippen molar-refractivity contribution in [1.29, 1.82) is 0 Å². The molecule has 0 aromatic carbocycles. The fourth-order valence-electron chi connectivity index (χ4n) is 1.74. The van der Waals surface area contributed by atoms with Crippen molar-refractivity contribution in [2.75, 3.05) is 0 Å². The Labute approximate surface area is 111 Å². The van der Waals surface area contributed by atoms with Crippen LogP contribution in [0.2, 0.25) is 0 Å². The van der Waals surface area contributed by atoms with Gasteiger partial charge in [0.25, 0.3) is 0 Å². The number of hydrogen-bond acceptors (Lipinski definition) is 2. The maximum absolute atomic E-state index is 4.14. The number of allylic oxidation sites excluding steroid dienone is 4. The minimum Gasteiger partial charge on any atom is -0.248 e. The second kappa shape index (κ2) is 7.85. The van der Waals surface area contributed by atoms with Gasteiger partial charge >= 0.3 is 0 Å². The summed E-state index contributed by atoms with van der Waals surface area (Å²) in [6, 6.07) is 0. The quantitative estimate of drug-likeness (QED) is 0.684. The second-order valence-electron chi connectivity index (χ2n) is 5.05. The van der Waals surface area contributed by atoms with Crippen molar-refractivity contribution in [3.8, 4) is 0 Å². The van der Waals surface area contributed by atoms with Gasteiger partial charge in [-0.25, -0.2) is 4.68 Å². The molecule has 0 fully saturated rings. The van der Waals surface area contributed by atoms with Gasteiger partial charge in [-0.15, -0.1) is 5.10 Å². The van der Waals surface area contributed by atoms with Crippen LogP contribution in [0.3, 0.4) is 0 Å². The molecule has 0 unspecified atom stereocenters. The summed E-state index contributed by atoms with van der Waals surface area (Å²) >= 11 is 0. The summed E-state index contributed by atoms with van der Waals surface area (Å²) in [7, 11) is 0. The summed E-state index contributed by atoms with van der Waals surface area (Å²) in [6.07, 6.45) is 11.0. The summed E-state index contributed by atoms with van der Waals surface area (Å²) in [4.78, 5) is 0. The summed E-state index contributed by atoms with van der Waals surface area (Å²) in [5.41, 5.74) is 3.90. The molecule has 0 aliphatic rings. The molecule has 1 rings (SSSR count). The highest BCUT2D eigenvalue weighted by atomic mass is 15.4. The van der Waals surface area contributed by atoms with Gasteiger partial charge < -0.3 is 0 Å². The topological polar surface area (TPSA) is 30.7 Å². The first kappa shape index (κ1) is 14.7. The molecule has 0 amide bonds. The molecule has 18 heavy (non-hydrogen) atoms. The minimum atomic E-state index is 0.831. The third-order valence-corrected chi connectivity index (χ3v) is 2.81. The zero-order valence-electron chi connectivity index (χ0n) is 12.1. The van der Waals surface area contributed by atoms with E-state index in [2.05, 4.69) is 50.2 Å². The molecule has 1 aromatic heterocycles. The molecular formula is C15H25N3. The van der Waals surface area contributed by atoms with Crippen LogP contribution in [0, 0.1) is 0 Å². The lowest BCUT2D eigenvalue weighted by Gasteiger charge is -1.99. The van der Waals surface area contributed by atoms with Gasteiger partial charge in [0.2, 0.25) is 0 Å². The van der Waals surface area contributed by atoms with E-state index in [1.165, 1.54) is 11.1 Å². The van der Waals surface area contributed by atoms with E-state index in [1.54, 1.807) is 0 Å². The van der Waals surface area contributed by atoms with Crippen LogP contribution in [-0.4, -0.2) is 15.0 Å². The molecule has 0 saturated heterocycles. The highest BCUT2D eigenvalue weighted by molar-refractivity contribution is 5.02. The number of rotatable bonds is 7. The standard InChI is InChI=1S/C15H25N3/c1-5-7-15-12-18(17-16-15)11-10-14(4)9-6-8-13(2)3/h8,10,12H,5-7,9,11H2,1-4H3/b14-10-. The maximum Gasteiger partial charge on any atom is 0.0827 e. The van der Waals surface area contributed by atoms with Crippen LogP contribution in [-0.2, 0) is 13.0 Å². The normalized spacial score (nSPS) is 11.7. The Balaban J connectivity index is 2.39. The largest absolute Gasteiger partial charge is 0.248 e. The lowest BCUT2D eigenvalue weighted by molar-refractivity contribution is 0.656. The molecule has 0 aliphatic carbocycles. The van der Waals surface area contributed by atoms with E-state index in [1.807, 2.05) is 10.9 Å². The first-order valence-corrected chi connectivity index (χ1v) is 6.79. The second-order valence-corrected chi connectivity index (χ2v) is 5.05. The van der Waals surface area contributed by atoms with Crippen LogP contribution in [0.4, 0.5) is 0 Å². The molecule has 0 saturated carbocycles. The predicted molar refractivity (Wildman–Crippen MR) is 76.4 cm³/mol. The van der Waals surface area contributed by atoms with Gasteiger partial charge in [-0.1, -0.05) is 41.9 Å². The van der Waals surface area contributed by atoms with E-state index < -0.39 is 0 Å². The van der Waals surface area contributed by atoms with Crippen molar-refractivity contribution >= 4 is 0 Å². The van der Waals surface area contributed by atoms with Gasteiger partial charge in [0, 0.05) is 6.20 Å². The van der Waals surface area contributed by atoms with Gasteiger partial charge in [-0.3, -0.25) is 0 Å². The molecule has 0 radical (unpaired) electrons. The molecule has 100 valence electrons. The maximum atomic E-state index is 4.14. The minimum absolute atomic E-state index is 0.831. The molecule has 1 heterocycles. The van der Waals surface area contributed by atoms with Crippen LogP contribution in [0.25, 0.3) is 0 Å². The number of nitrogens with zero attached hydrogens (tertiary/aromatic N) is 3. The monoisotopic (exact) mass is 247 g/mol. The Hall–Kier alpha value is -1.38. The predicted octanol–water partition coefficient (Wildman–Crippen LogP) is 3.92. The molecule has 0 aliphatic heterocycles. The van der Waals surface area contributed by atoms with E-state index in [4.69, 9.17) is 0 Å². The van der Waals surface area contributed by atoms with Gasteiger partial charge in [0.05, 0.1) is 12.2 Å². The first-order valence-electron chi connectivity index (χ1n) is 6.79. The SMILES string of the molecule is CCCc1cn(C/C=C(/C)CCC=C(C)C)nn1. The summed E-state index contributed by atoms with van der Waals surface area (Å²) in [5.74, 6) is 0. The average Bonchev–Trinajstić information content (AvgIpc) is 2.74. The fraction of sp³-hybridized carbons (Fsp3) is 0.600. The Morgan fingerprint density at radius 2 is 2.06 bits per heavy atom. The summed E-state index contributed by atoms with van der Waals surface area (Å²) in [5, 5.41) is 8.27. The van der Waals surface area contributed by atoms with E-state index in [-0.39, 0.29) is 0 Å². The van der Waals surface area contributed by atoms with Crippen molar-refractivity contribution in [2.45, 2.75) is 59.9 Å². The lowest BCUT2D eigenvalue weighted by Crippen LogP contribution is -1.96. The van der Waals surface area contributed by atoms with E-state index >= 15 is 0 Å². The van der Waals surface area contributed by atoms with Gasteiger partial charge in [-0.05, 0) is 40.0 Å². The molecule has 0 bridgehead atoms. The van der Waals surface area contributed by atoms with Gasteiger partial charge in [0.1, 0.15) is 0 Å². The molecule has 3 heteroatoms. The third kappa shape index (κ3) is 5.80. The zero-order chi connectivity index (χ0) is 13.4. The van der Waals surface area contributed by atoms with Crippen molar-refractivity contribution in [3.63, 3.8) is 0 Å². The van der Waals surface area contributed by atoms with Crippen molar-refractivity contribution in [2.24, 2.45) is 0 Å². The molecule has 3 nitrogen and oxygen atoms in total. The van der Waals surface area contributed by atoms with Crippen LogP contribution in [0.15, 0.2) is 29.5 Å². The van der Waals surface area contributed by atoms with Crippen molar-refractivity contribution in [1.82, 2.24) is 15.0 Å². The Morgan fingerprint density at radius 1 is 1.28 bits per heavy atom.